The van der Waals surface area contributed by atoms with Crippen LogP contribution in [0.5, 0.6) is 0 Å². The number of aliphatic hydroxyl groups is 1. The molecule has 2 aliphatic rings. The molecule has 0 aromatic rings. The molecule has 1 saturated heterocycles. The van der Waals surface area contributed by atoms with Crippen molar-refractivity contribution in [3.05, 3.63) is 12.2 Å². The Hall–Kier alpha value is -5.82. The zero-order valence-corrected chi connectivity index (χ0v) is 61.1. The lowest BCUT2D eigenvalue weighted by atomic mass is 9.91. The van der Waals surface area contributed by atoms with Gasteiger partial charge in [0.15, 0.2) is 4.87 Å². The number of carbonyl (C=O) groups is 11. The second-order valence-electron chi connectivity index (χ2n) is 28.2. The molecule has 92 heavy (non-hydrogen) atoms. The molecule has 0 unspecified atom stereocenters. The first-order valence-electron chi connectivity index (χ1n) is 33.4. The van der Waals surface area contributed by atoms with Gasteiger partial charge in [-0.1, -0.05) is 109 Å². The summed E-state index contributed by atoms with van der Waals surface area (Å²) < 4.78 is 0. The van der Waals surface area contributed by atoms with E-state index in [2.05, 4.69) is 26.6 Å². The van der Waals surface area contributed by atoms with Crippen molar-refractivity contribution in [3.63, 3.8) is 0 Å². The van der Waals surface area contributed by atoms with Crippen molar-refractivity contribution in [2.24, 2.45) is 41.4 Å². The van der Waals surface area contributed by atoms with Crippen molar-refractivity contribution in [1.29, 1.82) is 0 Å². The molecular formula is C67H120N12O12S. The third kappa shape index (κ3) is 22.4. The van der Waals surface area contributed by atoms with Crippen LogP contribution in [0.4, 0.5) is 0 Å². The van der Waals surface area contributed by atoms with Crippen LogP contribution in [0.1, 0.15) is 169 Å². The number of nitrogens with zero attached hydrogens (tertiary/aromatic N) is 7. The molecule has 24 nitrogen and oxygen atoms in total. The molecule has 1 aliphatic heterocycles. The van der Waals surface area contributed by atoms with Gasteiger partial charge in [-0.25, -0.2) is 0 Å². The van der Waals surface area contributed by atoms with E-state index in [-0.39, 0.29) is 55.8 Å². The number of rotatable bonds is 20. The van der Waals surface area contributed by atoms with Gasteiger partial charge in [0.25, 0.3) is 5.91 Å². The highest BCUT2D eigenvalue weighted by atomic mass is 32.2. The number of aliphatic hydroxyl groups excluding tert-OH is 1. The summed E-state index contributed by atoms with van der Waals surface area (Å²) in [6.45, 7) is 30.1. The third-order valence-electron chi connectivity index (χ3n) is 17.8. The molecule has 1 aliphatic carbocycles. The Morgan fingerprint density at radius 1 is 0.565 bits per heavy atom. The lowest BCUT2D eigenvalue weighted by Gasteiger charge is -2.48. The maximum Gasteiger partial charge on any atom is 0.259 e. The predicted octanol–water partition coefficient (Wildman–Crippen LogP) is 4.08. The second-order valence-corrected chi connectivity index (χ2v) is 29.6. The normalized spacial score (nSPS) is 27.4. The Bertz CT molecular complexity index is 2550. The molecule has 2 rings (SSSR count). The molecule has 2 fully saturated rings. The number of allylic oxidation sites excluding steroid dienone is 2. The summed E-state index contributed by atoms with van der Waals surface area (Å²) in [5.41, 5.74) is 0. The van der Waals surface area contributed by atoms with E-state index in [0.717, 1.165) is 22.6 Å². The molecular weight excluding hydrogens is 1200 g/mol. The van der Waals surface area contributed by atoms with Gasteiger partial charge in [-0.3, -0.25) is 52.7 Å². The molecule has 11 amide bonds. The number of thioether (sulfide) groups is 1. The molecule has 1 heterocycles. The molecule has 0 radical (unpaired) electrons. The Labute approximate surface area is 555 Å². The van der Waals surface area contributed by atoms with E-state index in [4.69, 9.17) is 0 Å². The third-order valence-corrected chi connectivity index (χ3v) is 19.5. The fraction of sp³-hybridized carbons (Fsp3) is 0.806. The Kier molecular flexibility index (Phi) is 33.4. The number of nitrogens with one attached hydrogen (secondary N) is 5. The number of carbonyl (C=O) groups excluding carboxylic acids is 11. The van der Waals surface area contributed by atoms with Gasteiger partial charge in [0.2, 0.25) is 59.1 Å². The molecule has 6 N–H and O–H groups in total. The zero-order valence-electron chi connectivity index (χ0n) is 60.3. The molecule has 1 saturated carbocycles. The topological polar surface area (TPSA) is 291 Å². The summed E-state index contributed by atoms with van der Waals surface area (Å²) in [5, 5.41) is 27.0. The van der Waals surface area contributed by atoms with Gasteiger partial charge < -0.3 is 66.0 Å². The van der Waals surface area contributed by atoms with E-state index >= 15 is 19.2 Å². The van der Waals surface area contributed by atoms with Crippen LogP contribution in [0, 0.1) is 41.4 Å². The summed E-state index contributed by atoms with van der Waals surface area (Å²) in [5.74, 6) is -9.55. The fourth-order valence-corrected chi connectivity index (χ4v) is 13.1. The SMILES string of the molecule is C/C=C/C[C@@H](C)[C@@H](O)[C@H]1C(=O)N[C@@H](CC)C(=O)N(C)CC(=O)N(C)[C@@H](CC(C)C)C(=O)N[C@@H](C(C)C)C(=O)N(C)[C@@H](CC(C)C)C(=O)N[C@@H](C)C(=O)N[C@H](C)C(=O)N(C)[C@@H](CC(C)C)C(=O)N(C)[C@@H](CC(C)C)C(=O)N(C)[C@](SCCNC2CC2)(C(C)C)C(=O)N1C. The lowest BCUT2D eigenvalue weighted by molar-refractivity contribution is -0.159. The van der Waals surface area contributed by atoms with Gasteiger partial charge in [0, 0.05) is 67.7 Å². The Balaban J connectivity index is 3.10. The maximum atomic E-state index is 16.2. The molecule has 526 valence electrons. The zero-order chi connectivity index (χ0) is 70.7. The molecule has 0 aromatic carbocycles. The lowest BCUT2D eigenvalue weighted by Crippen LogP contribution is -2.68. The summed E-state index contributed by atoms with van der Waals surface area (Å²) >= 11 is 1.20. The van der Waals surface area contributed by atoms with Crippen LogP contribution < -0.4 is 26.6 Å². The van der Waals surface area contributed by atoms with E-state index < -0.39 is 155 Å². The average molecular weight is 1320 g/mol. The average Bonchev–Trinajstić information content (AvgIpc) is 0.830. The summed E-state index contributed by atoms with van der Waals surface area (Å²) in [4.78, 5) is 171. The first kappa shape index (κ1) is 82.3. The minimum Gasteiger partial charge on any atom is -0.390 e. The highest BCUT2D eigenvalue weighted by Gasteiger charge is 2.54. The molecule has 0 bridgehead atoms. The van der Waals surface area contributed by atoms with Crippen LogP contribution in [-0.2, 0) is 52.7 Å². The van der Waals surface area contributed by atoms with Gasteiger partial charge in [-0.05, 0) is 114 Å². The van der Waals surface area contributed by atoms with Gasteiger partial charge in [-0.15, -0.1) is 11.8 Å². The molecule has 0 spiro atoms. The van der Waals surface area contributed by atoms with Crippen LogP contribution in [0.25, 0.3) is 0 Å². The number of amides is 11. The first-order chi connectivity index (χ1) is 42.7. The molecule has 0 aromatic heterocycles. The highest BCUT2D eigenvalue weighted by molar-refractivity contribution is 8.01. The van der Waals surface area contributed by atoms with Crippen LogP contribution >= 0.6 is 11.8 Å². The van der Waals surface area contributed by atoms with Crippen molar-refractivity contribution in [2.45, 2.75) is 240 Å². The monoisotopic (exact) mass is 1320 g/mol. The van der Waals surface area contributed by atoms with Crippen molar-refractivity contribution in [3.8, 4) is 0 Å². The van der Waals surface area contributed by atoms with E-state index in [1.165, 1.54) is 99.4 Å². The summed E-state index contributed by atoms with van der Waals surface area (Å²) in [7, 11) is 10.1. The summed E-state index contributed by atoms with van der Waals surface area (Å²) in [6, 6.07) is -10.9. The standard InChI is InChI=1S/C67H120N12O12S/c1-25-27-28-44(15)56(81)55-60(85)71-48(26-2)62(87)73(18)37-53(80)74(19)49(33-38(3)4)59(84)72-54(42(11)12)65(90)75(20)50(34-39(5)6)58(83)69-45(16)57(82)70-46(17)61(86)76(21)51(35-40(7)8)63(88)77(22)52(36-41(9)10)64(89)79(24)67(43(13)14,66(91)78(55)23)92-32-31-68-47-29-30-47/h25,27,38-52,54-56,68,81H,26,28-37H2,1-24H3,(H,69,83)(H,70,82)(H,71,85)(H,72,84)/b27-25+/t44-,45+,46-,48+,49+,50+,51+,52+,54+,55+,56-,67+/m1/s1. The minimum atomic E-state index is -1.81. The van der Waals surface area contributed by atoms with E-state index in [0.29, 0.717) is 24.8 Å². The first-order valence-corrected chi connectivity index (χ1v) is 34.4. The summed E-state index contributed by atoms with van der Waals surface area (Å²) in [6.07, 6.45) is 4.97. The Morgan fingerprint density at radius 2 is 1.03 bits per heavy atom. The Morgan fingerprint density at radius 3 is 1.51 bits per heavy atom. The van der Waals surface area contributed by atoms with Gasteiger partial charge in [0.05, 0.1) is 12.6 Å². The number of hydrogen-bond donors (Lipinski definition) is 6. The predicted molar refractivity (Wildman–Crippen MR) is 361 cm³/mol. The van der Waals surface area contributed by atoms with Gasteiger partial charge in [-0.2, -0.15) is 0 Å². The smallest absolute Gasteiger partial charge is 0.259 e. The number of hydrogen-bond acceptors (Lipinski definition) is 14. The van der Waals surface area contributed by atoms with Crippen LogP contribution in [0.15, 0.2) is 12.2 Å². The van der Waals surface area contributed by atoms with E-state index in [9.17, 15) is 38.7 Å². The highest BCUT2D eigenvalue weighted by Crippen LogP contribution is 2.40. The van der Waals surface area contributed by atoms with Crippen molar-refractivity contribution < 1.29 is 57.8 Å². The molecule has 12 atom stereocenters. The van der Waals surface area contributed by atoms with E-state index in [1.807, 2.05) is 68.4 Å². The second kappa shape index (κ2) is 37.3. The minimum absolute atomic E-state index is 0.0141. The quantitative estimate of drug-likeness (QED) is 0.0740. The maximum absolute atomic E-state index is 16.2. The van der Waals surface area contributed by atoms with Gasteiger partial charge in [0.1, 0.15) is 54.4 Å². The molecule has 25 heteroatoms. The van der Waals surface area contributed by atoms with Gasteiger partial charge >= 0.3 is 0 Å². The number of likely N-dealkylation sites (N-methyl/N-ethyl adjacent to an activating group) is 7. The van der Waals surface area contributed by atoms with Crippen molar-refractivity contribution in [1.82, 2.24) is 60.9 Å². The van der Waals surface area contributed by atoms with E-state index in [1.54, 1.807) is 47.6 Å². The largest absolute Gasteiger partial charge is 0.390 e. The fourth-order valence-electron chi connectivity index (χ4n) is 11.7. The van der Waals surface area contributed by atoms with Crippen molar-refractivity contribution in [2.75, 3.05) is 68.2 Å². The van der Waals surface area contributed by atoms with Crippen LogP contribution in [0.2, 0.25) is 0 Å². The van der Waals surface area contributed by atoms with Crippen LogP contribution in [-0.4, -0.2) is 244 Å². The van der Waals surface area contributed by atoms with Crippen molar-refractivity contribution >= 4 is 76.7 Å². The van der Waals surface area contributed by atoms with Crippen LogP contribution in [0.3, 0.4) is 0 Å².